The van der Waals surface area contributed by atoms with E-state index in [0.717, 1.165) is 17.9 Å². The van der Waals surface area contributed by atoms with Crippen molar-refractivity contribution in [1.82, 2.24) is 14.8 Å². The highest BCUT2D eigenvalue weighted by molar-refractivity contribution is 6.33. The summed E-state index contributed by atoms with van der Waals surface area (Å²) in [5.41, 5.74) is 7.19. The van der Waals surface area contributed by atoms with Gasteiger partial charge in [0.15, 0.2) is 5.82 Å². The third-order valence-corrected chi connectivity index (χ3v) is 2.48. The molecule has 1 heterocycles. The molecule has 0 bridgehead atoms. The normalized spacial score (nSPS) is 10.5. The number of halogens is 1. The van der Waals surface area contributed by atoms with E-state index in [9.17, 15) is 0 Å². The number of benzene rings is 1. The van der Waals surface area contributed by atoms with E-state index in [1.807, 2.05) is 6.92 Å². The fraction of sp³-hybridized carbons (Fsp3) is 0.200. The lowest BCUT2D eigenvalue weighted by Crippen LogP contribution is -2.00. The Morgan fingerprint density at radius 3 is 3.00 bits per heavy atom. The number of nitrogens with zero attached hydrogens (tertiary/aromatic N) is 3. The van der Waals surface area contributed by atoms with Gasteiger partial charge in [-0.2, -0.15) is 5.10 Å². The van der Waals surface area contributed by atoms with Crippen molar-refractivity contribution in [2.24, 2.45) is 0 Å². The highest BCUT2D eigenvalue weighted by Crippen LogP contribution is 2.27. The van der Waals surface area contributed by atoms with Crippen LogP contribution in [0.4, 0.5) is 5.69 Å². The number of nitrogen functional groups attached to an aromatic ring is 1. The molecular formula is C10H11ClN4. The number of hydrogen-bond acceptors (Lipinski definition) is 3. The number of hydrogen-bond donors (Lipinski definition) is 1. The molecule has 0 aliphatic heterocycles. The Hall–Kier alpha value is -1.55. The first-order chi connectivity index (χ1) is 7.22. The molecule has 0 aliphatic carbocycles. The van der Waals surface area contributed by atoms with Crippen molar-refractivity contribution in [3.63, 3.8) is 0 Å². The van der Waals surface area contributed by atoms with Crippen LogP contribution in [0.25, 0.3) is 11.4 Å². The van der Waals surface area contributed by atoms with Crippen molar-refractivity contribution in [3.05, 3.63) is 29.5 Å². The monoisotopic (exact) mass is 222 g/mol. The second-order valence-corrected chi connectivity index (χ2v) is 3.55. The molecule has 78 valence electrons. The van der Waals surface area contributed by atoms with Crippen molar-refractivity contribution in [3.8, 4) is 11.4 Å². The minimum absolute atomic E-state index is 0.631. The molecule has 0 amide bonds. The van der Waals surface area contributed by atoms with Gasteiger partial charge >= 0.3 is 0 Å². The van der Waals surface area contributed by atoms with Gasteiger partial charge < -0.3 is 5.73 Å². The van der Waals surface area contributed by atoms with Gasteiger partial charge in [-0.3, -0.25) is 0 Å². The molecule has 0 aliphatic rings. The van der Waals surface area contributed by atoms with Gasteiger partial charge in [0, 0.05) is 17.8 Å². The molecule has 0 saturated heterocycles. The van der Waals surface area contributed by atoms with E-state index in [-0.39, 0.29) is 0 Å². The van der Waals surface area contributed by atoms with Crippen LogP contribution in [0.1, 0.15) is 6.92 Å². The molecule has 0 spiro atoms. The van der Waals surface area contributed by atoms with E-state index >= 15 is 0 Å². The molecule has 1 aromatic heterocycles. The van der Waals surface area contributed by atoms with Crippen LogP contribution in [0, 0.1) is 0 Å². The molecule has 1 aromatic carbocycles. The third-order valence-electron chi connectivity index (χ3n) is 2.15. The van der Waals surface area contributed by atoms with Crippen LogP contribution in [0.2, 0.25) is 5.02 Å². The highest BCUT2D eigenvalue weighted by atomic mass is 35.5. The number of aromatic nitrogens is 3. The second-order valence-electron chi connectivity index (χ2n) is 3.14. The summed E-state index contributed by atoms with van der Waals surface area (Å²) in [5.74, 6) is 0.745. The molecule has 0 fully saturated rings. The number of aryl methyl sites for hydroxylation is 1. The minimum Gasteiger partial charge on any atom is -0.399 e. The van der Waals surface area contributed by atoms with Gasteiger partial charge in [-0.05, 0) is 25.1 Å². The van der Waals surface area contributed by atoms with Crippen LogP contribution in [0.3, 0.4) is 0 Å². The van der Waals surface area contributed by atoms with Gasteiger partial charge in [-0.1, -0.05) is 11.6 Å². The summed E-state index contributed by atoms with van der Waals surface area (Å²) in [5, 5.41) is 4.72. The first-order valence-corrected chi connectivity index (χ1v) is 5.03. The largest absolute Gasteiger partial charge is 0.399 e. The zero-order valence-electron chi connectivity index (χ0n) is 8.31. The number of rotatable bonds is 2. The summed E-state index contributed by atoms with van der Waals surface area (Å²) >= 11 is 6.08. The molecular weight excluding hydrogens is 212 g/mol. The highest BCUT2D eigenvalue weighted by Gasteiger charge is 2.10. The molecule has 15 heavy (non-hydrogen) atoms. The van der Waals surface area contributed by atoms with E-state index in [1.165, 1.54) is 6.33 Å². The maximum absolute atomic E-state index is 6.08. The Morgan fingerprint density at radius 1 is 1.47 bits per heavy atom. The summed E-state index contributed by atoms with van der Waals surface area (Å²) < 4.78 is 1.78. The van der Waals surface area contributed by atoms with E-state index in [1.54, 1.807) is 22.9 Å². The average molecular weight is 223 g/mol. The first-order valence-electron chi connectivity index (χ1n) is 4.65. The quantitative estimate of drug-likeness (QED) is 0.793. The van der Waals surface area contributed by atoms with E-state index in [0.29, 0.717) is 10.7 Å². The van der Waals surface area contributed by atoms with E-state index < -0.39 is 0 Å². The van der Waals surface area contributed by atoms with Gasteiger partial charge in [0.1, 0.15) is 6.33 Å². The van der Waals surface area contributed by atoms with Crippen molar-refractivity contribution < 1.29 is 0 Å². The standard InChI is InChI=1S/C10H11ClN4/c1-2-15-10(13-6-14-15)8-5-7(12)3-4-9(8)11/h3-6H,2,12H2,1H3. The van der Waals surface area contributed by atoms with Crippen LogP contribution >= 0.6 is 11.6 Å². The van der Waals surface area contributed by atoms with Crippen LogP contribution < -0.4 is 5.73 Å². The Kier molecular flexibility index (Phi) is 2.60. The summed E-state index contributed by atoms with van der Waals surface area (Å²) in [6.45, 7) is 2.75. The molecule has 0 saturated carbocycles. The number of anilines is 1. The molecule has 2 rings (SSSR count). The van der Waals surface area contributed by atoms with Crippen molar-refractivity contribution in [2.45, 2.75) is 13.5 Å². The zero-order chi connectivity index (χ0) is 10.8. The molecule has 2 aromatic rings. The minimum atomic E-state index is 0.631. The summed E-state index contributed by atoms with van der Waals surface area (Å²) in [4.78, 5) is 4.17. The molecule has 0 radical (unpaired) electrons. The van der Waals surface area contributed by atoms with Crippen molar-refractivity contribution in [1.29, 1.82) is 0 Å². The Bertz CT molecular complexity index is 478. The van der Waals surface area contributed by atoms with Crippen molar-refractivity contribution in [2.75, 3.05) is 5.73 Å². The average Bonchev–Trinajstić information content (AvgIpc) is 2.69. The Balaban J connectivity index is 2.58. The van der Waals surface area contributed by atoms with Crippen LogP contribution in [-0.2, 0) is 6.54 Å². The Labute approximate surface area is 92.7 Å². The van der Waals surface area contributed by atoms with Gasteiger partial charge in [-0.25, -0.2) is 9.67 Å². The van der Waals surface area contributed by atoms with Crippen LogP contribution in [0.5, 0.6) is 0 Å². The zero-order valence-corrected chi connectivity index (χ0v) is 9.07. The van der Waals surface area contributed by atoms with E-state index in [2.05, 4.69) is 10.1 Å². The summed E-state index contributed by atoms with van der Waals surface area (Å²) in [6.07, 6.45) is 1.51. The lowest BCUT2D eigenvalue weighted by atomic mass is 10.2. The third kappa shape index (κ3) is 1.80. The van der Waals surface area contributed by atoms with Crippen molar-refractivity contribution >= 4 is 17.3 Å². The second kappa shape index (κ2) is 3.90. The van der Waals surface area contributed by atoms with Gasteiger partial charge in [0.25, 0.3) is 0 Å². The summed E-state index contributed by atoms with van der Waals surface area (Å²) in [6, 6.07) is 5.33. The van der Waals surface area contributed by atoms with E-state index in [4.69, 9.17) is 17.3 Å². The lowest BCUT2D eigenvalue weighted by molar-refractivity contribution is 0.666. The predicted octanol–water partition coefficient (Wildman–Crippen LogP) is 2.20. The maximum Gasteiger partial charge on any atom is 0.159 e. The summed E-state index contributed by atoms with van der Waals surface area (Å²) in [7, 11) is 0. The lowest BCUT2D eigenvalue weighted by Gasteiger charge is -2.05. The topological polar surface area (TPSA) is 56.7 Å². The molecule has 0 atom stereocenters. The fourth-order valence-corrected chi connectivity index (χ4v) is 1.62. The molecule has 4 nitrogen and oxygen atoms in total. The van der Waals surface area contributed by atoms with Crippen LogP contribution in [0.15, 0.2) is 24.5 Å². The van der Waals surface area contributed by atoms with Gasteiger partial charge in [0.05, 0.1) is 5.02 Å². The fourth-order valence-electron chi connectivity index (χ4n) is 1.42. The number of nitrogens with two attached hydrogens (primary N) is 1. The van der Waals surface area contributed by atoms with Gasteiger partial charge in [0.2, 0.25) is 0 Å². The van der Waals surface area contributed by atoms with Gasteiger partial charge in [-0.15, -0.1) is 0 Å². The molecule has 2 N–H and O–H groups in total. The smallest absolute Gasteiger partial charge is 0.159 e. The molecule has 5 heteroatoms. The predicted molar refractivity (Wildman–Crippen MR) is 60.6 cm³/mol. The Morgan fingerprint density at radius 2 is 2.27 bits per heavy atom. The first kappa shape index (κ1) is 9.98. The maximum atomic E-state index is 6.08. The SMILES string of the molecule is CCn1ncnc1-c1cc(N)ccc1Cl. The van der Waals surface area contributed by atoms with Crippen LogP contribution in [-0.4, -0.2) is 14.8 Å². The molecule has 0 unspecified atom stereocenters.